The molecule has 4 nitrogen and oxygen atoms in total. The number of pyridine rings is 1. The fourth-order valence-corrected chi connectivity index (χ4v) is 1.63. The van der Waals surface area contributed by atoms with E-state index >= 15 is 0 Å². The molecule has 0 unspecified atom stereocenters. The van der Waals surface area contributed by atoms with Crippen molar-refractivity contribution in [3.63, 3.8) is 0 Å². The van der Waals surface area contributed by atoms with Crippen LogP contribution in [-0.2, 0) is 0 Å². The Morgan fingerprint density at radius 3 is 2.75 bits per heavy atom. The van der Waals surface area contributed by atoms with Crippen molar-refractivity contribution >= 4 is 23.3 Å². The molecule has 2 aromatic rings. The van der Waals surface area contributed by atoms with E-state index in [1.807, 2.05) is 0 Å². The highest BCUT2D eigenvalue weighted by molar-refractivity contribution is 6.30. The number of aromatic nitrogens is 1. The first kappa shape index (κ1) is 14.1. The van der Waals surface area contributed by atoms with E-state index in [1.54, 1.807) is 42.6 Å². The summed E-state index contributed by atoms with van der Waals surface area (Å²) in [6.07, 6.45) is 1.54. The molecule has 2 N–H and O–H groups in total. The summed E-state index contributed by atoms with van der Waals surface area (Å²) in [6, 6.07) is 9.89. The lowest BCUT2D eigenvalue weighted by Gasteiger charge is -2.04. The van der Waals surface area contributed by atoms with Crippen LogP contribution in [0.5, 0.6) is 0 Å². The third-order valence-corrected chi connectivity index (χ3v) is 2.67. The van der Waals surface area contributed by atoms with Crippen LogP contribution in [-0.4, -0.2) is 22.6 Å². The van der Waals surface area contributed by atoms with E-state index in [0.29, 0.717) is 22.0 Å². The Morgan fingerprint density at radius 1 is 1.30 bits per heavy atom. The summed E-state index contributed by atoms with van der Waals surface area (Å²) >= 11 is 5.77. The Labute approximate surface area is 121 Å². The Kier molecular flexibility index (Phi) is 4.72. The Hall–Kier alpha value is -2.35. The number of benzene rings is 1. The van der Waals surface area contributed by atoms with Crippen molar-refractivity contribution in [2.45, 2.75) is 0 Å². The summed E-state index contributed by atoms with van der Waals surface area (Å²) in [5, 5.41) is 11.9. The fourth-order valence-electron chi connectivity index (χ4n) is 1.51. The van der Waals surface area contributed by atoms with Gasteiger partial charge in [0, 0.05) is 22.3 Å². The van der Waals surface area contributed by atoms with Gasteiger partial charge in [0.15, 0.2) is 0 Å². The number of halogens is 1. The molecule has 0 atom stereocenters. The van der Waals surface area contributed by atoms with Gasteiger partial charge < -0.3 is 10.4 Å². The maximum atomic E-state index is 12.0. The number of amides is 1. The molecule has 0 aliphatic heterocycles. The molecule has 5 heteroatoms. The van der Waals surface area contributed by atoms with Gasteiger partial charge in [0.1, 0.15) is 12.4 Å². The van der Waals surface area contributed by atoms with Crippen LogP contribution in [0.3, 0.4) is 0 Å². The molecule has 0 fully saturated rings. The molecular formula is C15H11ClN2O2. The van der Waals surface area contributed by atoms with Crippen molar-refractivity contribution in [2.75, 3.05) is 11.9 Å². The van der Waals surface area contributed by atoms with Crippen LogP contribution in [0.15, 0.2) is 42.6 Å². The van der Waals surface area contributed by atoms with Gasteiger partial charge in [0.2, 0.25) is 0 Å². The Balaban J connectivity index is 2.13. The van der Waals surface area contributed by atoms with E-state index in [9.17, 15) is 4.79 Å². The lowest BCUT2D eigenvalue weighted by Crippen LogP contribution is -2.12. The Bertz CT molecular complexity index is 672. The van der Waals surface area contributed by atoms with Crippen molar-refractivity contribution in [3.8, 4) is 11.8 Å². The second-order valence-corrected chi connectivity index (χ2v) is 4.29. The van der Waals surface area contributed by atoms with E-state index in [-0.39, 0.29) is 12.5 Å². The van der Waals surface area contributed by atoms with Crippen LogP contribution < -0.4 is 5.32 Å². The SMILES string of the molecule is O=C(Nc1cc(C#CCO)ccn1)c1ccc(Cl)cc1. The third-order valence-electron chi connectivity index (χ3n) is 2.42. The molecule has 1 heterocycles. The normalized spacial score (nSPS) is 9.50. The van der Waals surface area contributed by atoms with Gasteiger partial charge in [-0.05, 0) is 36.4 Å². The number of nitrogens with zero attached hydrogens (tertiary/aromatic N) is 1. The van der Waals surface area contributed by atoms with E-state index in [1.165, 1.54) is 0 Å². The van der Waals surface area contributed by atoms with E-state index < -0.39 is 0 Å². The number of nitrogens with one attached hydrogen (secondary N) is 1. The van der Waals surface area contributed by atoms with Gasteiger partial charge in [0.05, 0.1) is 0 Å². The van der Waals surface area contributed by atoms with Crippen LogP contribution in [0.4, 0.5) is 5.82 Å². The molecule has 1 aromatic heterocycles. The molecule has 20 heavy (non-hydrogen) atoms. The van der Waals surface area contributed by atoms with Crippen LogP contribution in [0.25, 0.3) is 0 Å². The van der Waals surface area contributed by atoms with Crippen molar-refractivity contribution in [2.24, 2.45) is 0 Å². The molecule has 100 valence electrons. The maximum Gasteiger partial charge on any atom is 0.256 e. The lowest BCUT2D eigenvalue weighted by atomic mass is 10.2. The molecule has 0 aliphatic carbocycles. The molecule has 0 aliphatic rings. The number of anilines is 1. The smallest absolute Gasteiger partial charge is 0.256 e. The summed E-state index contributed by atoms with van der Waals surface area (Å²) in [5.74, 6) is 5.40. The van der Waals surface area contributed by atoms with Crippen LogP contribution in [0, 0.1) is 11.8 Å². The highest BCUT2D eigenvalue weighted by Gasteiger charge is 2.06. The van der Waals surface area contributed by atoms with Crippen molar-refractivity contribution in [1.29, 1.82) is 0 Å². The van der Waals surface area contributed by atoms with Crippen LogP contribution >= 0.6 is 11.6 Å². The molecular weight excluding hydrogens is 276 g/mol. The number of hydrogen-bond acceptors (Lipinski definition) is 3. The van der Waals surface area contributed by atoms with Gasteiger partial charge in [0.25, 0.3) is 5.91 Å². The monoisotopic (exact) mass is 286 g/mol. The van der Waals surface area contributed by atoms with Crippen molar-refractivity contribution in [1.82, 2.24) is 4.98 Å². The summed E-state index contributed by atoms with van der Waals surface area (Å²) < 4.78 is 0. The van der Waals surface area contributed by atoms with Gasteiger partial charge in [-0.25, -0.2) is 4.98 Å². The van der Waals surface area contributed by atoms with Gasteiger partial charge in [-0.2, -0.15) is 0 Å². The summed E-state index contributed by atoms with van der Waals surface area (Å²) in [4.78, 5) is 16.0. The first-order valence-corrected chi connectivity index (χ1v) is 6.19. The first-order valence-electron chi connectivity index (χ1n) is 5.82. The maximum absolute atomic E-state index is 12.0. The van der Waals surface area contributed by atoms with Crippen molar-refractivity contribution in [3.05, 3.63) is 58.7 Å². The molecule has 0 saturated carbocycles. The second kappa shape index (κ2) is 6.71. The zero-order chi connectivity index (χ0) is 14.4. The zero-order valence-corrected chi connectivity index (χ0v) is 11.2. The second-order valence-electron chi connectivity index (χ2n) is 3.85. The highest BCUT2D eigenvalue weighted by atomic mass is 35.5. The summed E-state index contributed by atoms with van der Waals surface area (Å²) in [5.41, 5.74) is 1.16. The number of rotatable bonds is 2. The molecule has 0 bridgehead atoms. The van der Waals surface area contributed by atoms with E-state index in [4.69, 9.17) is 16.7 Å². The fraction of sp³-hybridized carbons (Fsp3) is 0.0667. The predicted octanol–water partition coefficient (Wildman–Crippen LogP) is 2.33. The van der Waals surface area contributed by atoms with Crippen molar-refractivity contribution < 1.29 is 9.90 Å². The molecule has 1 amide bonds. The Morgan fingerprint density at radius 2 is 2.05 bits per heavy atom. The largest absolute Gasteiger partial charge is 0.384 e. The lowest BCUT2D eigenvalue weighted by molar-refractivity contribution is 0.102. The van der Waals surface area contributed by atoms with Gasteiger partial charge >= 0.3 is 0 Å². The minimum Gasteiger partial charge on any atom is -0.384 e. The van der Waals surface area contributed by atoms with Gasteiger partial charge in [-0.1, -0.05) is 23.4 Å². The molecule has 0 saturated heterocycles. The number of aliphatic hydroxyl groups excluding tert-OH is 1. The van der Waals surface area contributed by atoms with E-state index in [2.05, 4.69) is 22.1 Å². The quantitative estimate of drug-likeness (QED) is 0.833. The van der Waals surface area contributed by atoms with Gasteiger partial charge in [-0.3, -0.25) is 4.79 Å². The van der Waals surface area contributed by atoms with E-state index in [0.717, 1.165) is 0 Å². The zero-order valence-electron chi connectivity index (χ0n) is 10.4. The predicted molar refractivity (Wildman–Crippen MR) is 77.6 cm³/mol. The van der Waals surface area contributed by atoms with Crippen LogP contribution in [0.1, 0.15) is 15.9 Å². The minimum absolute atomic E-state index is 0.214. The molecule has 0 spiro atoms. The molecule has 1 aromatic carbocycles. The number of carbonyl (C=O) groups is 1. The summed E-state index contributed by atoms with van der Waals surface area (Å²) in [6.45, 7) is -0.214. The number of hydrogen-bond donors (Lipinski definition) is 2. The molecule has 2 rings (SSSR count). The number of aliphatic hydroxyl groups is 1. The van der Waals surface area contributed by atoms with Crippen LogP contribution in [0.2, 0.25) is 5.02 Å². The van der Waals surface area contributed by atoms with Gasteiger partial charge in [-0.15, -0.1) is 0 Å². The number of carbonyl (C=O) groups excluding carboxylic acids is 1. The first-order chi connectivity index (χ1) is 9.69. The molecule has 0 radical (unpaired) electrons. The highest BCUT2D eigenvalue weighted by Crippen LogP contribution is 2.12. The standard InChI is InChI=1S/C15H11ClN2O2/c16-13-5-3-12(4-6-13)15(20)18-14-10-11(2-1-9-19)7-8-17-14/h3-8,10,19H,9H2,(H,17,18,20). The topological polar surface area (TPSA) is 62.2 Å². The average Bonchev–Trinajstić information content (AvgIpc) is 2.46. The average molecular weight is 287 g/mol. The third kappa shape index (κ3) is 3.82. The minimum atomic E-state index is -0.276. The summed E-state index contributed by atoms with van der Waals surface area (Å²) in [7, 11) is 0.